The van der Waals surface area contributed by atoms with E-state index >= 15 is 0 Å². The zero-order chi connectivity index (χ0) is 14.7. The summed E-state index contributed by atoms with van der Waals surface area (Å²) in [6, 6.07) is 4.26. The monoisotopic (exact) mass is 330 g/mol. The van der Waals surface area contributed by atoms with Crippen LogP contribution in [0.3, 0.4) is 0 Å². The van der Waals surface area contributed by atoms with E-state index in [9.17, 15) is 17.2 Å². The van der Waals surface area contributed by atoms with E-state index < -0.39 is 29.0 Å². The van der Waals surface area contributed by atoms with Crippen LogP contribution in [0.15, 0.2) is 23.1 Å². The summed E-state index contributed by atoms with van der Waals surface area (Å²) in [5.74, 6) is -2.78. The fourth-order valence-electron chi connectivity index (χ4n) is 1.40. The van der Waals surface area contributed by atoms with Crippen molar-refractivity contribution in [2.75, 3.05) is 20.2 Å². The molecule has 9 heteroatoms. The maximum absolute atomic E-state index is 12.9. The van der Waals surface area contributed by atoms with Gasteiger partial charge in [0.15, 0.2) is 0 Å². The standard InChI is InChI=1S/C11H16F2N2O3S.ClH/c1-8-5-9(18-2)3-4-10(8)19(16,17)15-7-11(12,13)6-14;/h3-5,15H,6-7,14H2,1-2H3;1H. The Morgan fingerprint density at radius 3 is 2.45 bits per heavy atom. The number of nitrogens with two attached hydrogens (primary N) is 1. The number of methoxy groups -OCH3 is 1. The number of hydrogen-bond donors (Lipinski definition) is 2. The minimum Gasteiger partial charge on any atom is -0.497 e. The van der Waals surface area contributed by atoms with Gasteiger partial charge in [0.1, 0.15) is 5.75 Å². The first-order chi connectivity index (χ1) is 8.72. The molecule has 0 heterocycles. The van der Waals surface area contributed by atoms with E-state index in [1.54, 1.807) is 6.92 Å². The number of aryl methyl sites for hydroxylation is 1. The van der Waals surface area contributed by atoms with Gasteiger partial charge >= 0.3 is 0 Å². The molecule has 0 fully saturated rings. The van der Waals surface area contributed by atoms with Gasteiger partial charge < -0.3 is 10.5 Å². The second-order valence-electron chi connectivity index (χ2n) is 4.02. The highest BCUT2D eigenvalue weighted by Crippen LogP contribution is 2.21. The van der Waals surface area contributed by atoms with Gasteiger partial charge in [-0.25, -0.2) is 21.9 Å². The lowest BCUT2D eigenvalue weighted by molar-refractivity contribution is 0.0170. The van der Waals surface area contributed by atoms with Crippen LogP contribution in [0.5, 0.6) is 5.75 Å². The number of alkyl halides is 2. The predicted octanol–water partition coefficient (Wildman–Crippen LogP) is 1.30. The van der Waals surface area contributed by atoms with Crippen LogP contribution >= 0.6 is 12.4 Å². The highest BCUT2D eigenvalue weighted by molar-refractivity contribution is 7.89. The van der Waals surface area contributed by atoms with Crippen molar-refractivity contribution in [2.45, 2.75) is 17.7 Å². The van der Waals surface area contributed by atoms with Crippen LogP contribution in [0.25, 0.3) is 0 Å². The van der Waals surface area contributed by atoms with Crippen molar-refractivity contribution in [3.63, 3.8) is 0 Å². The lowest BCUT2D eigenvalue weighted by Crippen LogP contribution is -2.41. The molecule has 0 unspecified atom stereocenters. The van der Waals surface area contributed by atoms with Crippen LogP contribution < -0.4 is 15.2 Å². The Labute approximate surface area is 123 Å². The van der Waals surface area contributed by atoms with Gasteiger partial charge in [-0.05, 0) is 30.7 Å². The second kappa shape index (κ2) is 7.16. The molecule has 3 N–H and O–H groups in total. The molecule has 0 aromatic heterocycles. The Kier molecular flexibility index (Phi) is 6.82. The van der Waals surface area contributed by atoms with E-state index in [0.29, 0.717) is 11.3 Å². The Balaban J connectivity index is 0.00000361. The average molecular weight is 331 g/mol. The minimum atomic E-state index is -4.00. The third-order valence-electron chi connectivity index (χ3n) is 2.49. The number of nitrogens with one attached hydrogen (secondary N) is 1. The van der Waals surface area contributed by atoms with Gasteiger partial charge in [-0.2, -0.15) is 0 Å². The highest BCUT2D eigenvalue weighted by Gasteiger charge is 2.29. The number of halogens is 3. The van der Waals surface area contributed by atoms with Crippen molar-refractivity contribution in [3.05, 3.63) is 23.8 Å². The molecular weight excluding hydrogens is 314 g/mol. The summed E-state index contributed by atoms with van der Waals surface area (Å²) in [6.07, 6.45) is 0. The molecule has 1 aromatic carbocycles. The first kappa shape index (κ1) is 19.0. The van der Waals surface area contributed by atoms with Crippen molar-refractivity contribution in [3.8, 4) is 5.75 Å². The second-order valence-corrected chi connectivity index (χ2v) is 5.75. The number of sulfonamides is 1. The molecule has 0 atom stereocenters. The third-order valence-corrected chi connectivity index (χ3v) is 4.05. The molecule has 0 aliphatic heterocycles. The maximum Gasteiger partial charge on any atom is 0.273 e. The summed E-state index contributed by atoms with van der Waals surface area (Å²) in [5.41, 5.74) is 5.25. The SMILES string of the molecule is COc1ccc(S(=O)(=O)NCC(F)(F)CN)c(C)c1.Cl. The smallest absolute Gasteiger partial charge is 0.273 e. The summed E-state index contributed by atoms with van der Waals surface area (Å²) in [6.45, 7) is -0.396. The van der Waals surface area contributed by atoms with E-state index in [4.69, 9.17) is 10.5 Å². The van der Waals surface area contributed by atoms with Gasteiger partial charge in [0, 0.05) is 0 Å². The lowest BCUT2D eigenvalue weighted by Gasteiger charge is -2.15. The maximum atomic E-state index is 12.9. The van der Waals surface area contributed by atoms with E-state index in [-0.39, 0.29) is 17.3 Å². The largest absolute Gasteiger partial charge is 0.497 e. The molecule has 0 amide bonds. The van der Waals surface area contributed by atoms with E-state index in [0.717, 1.165) is 0 Å². The molecule has 1 aromatic rings. The number of ether oxygens (including phenoxy) is 1. The van der Waals surface area contributed by atoms with Crippen molar-refractivity contribution in [2.24, 2.45) is 5.73 Å². The molecule has 5 nitrogen and oxygen atoms in total. The summed E-state index contributed by atoms with van der Waals surface area (Å²) < 4.78 is 56.5. The van der Waals surface area contributed by atoms with Crippen LogP contribution in [-0.4, -0.2) is 34.5 Å². The van der Waals surface area contributed by atoms with Crippen molar-refractivity contribution < 1.29 is 21.9 Å². The van der Waals surface area contributed by atoms with E-state index in [1.165, 1.54) is 25.3 Å². The highest BCUT2D eigenvalue weighted by atomic mass is 35.5. The van der Waals surface area contributed by atoms with Gasteiger partial charge in [-0.1, -0.05) is 0 Å². The Morgan fingerprint density at radius 2 is 2.00 bits per heavy atom. The third kappa shape index (κ3) is 4.86. The van der Waals surface area contributed by atoms with Gasteiger partial charge in [0.2, 0.25) is 10.0 Å². The summed E-state index contributed by atoms with van der Waals surface area (Å²) in [4.78, 5) is -0.0684. The lowest BCUT2D eigenvalue weighted by atomic mass is 10.2. The molecule has 20 heavy (non-hydrogen) atoms. The average Bonchev–Trinajstić information content (AvgIpc) is 2.36. The molecule has 0 spiro atoms. The zero-order valence-corrected chi connectivity index (χ0v) is 12.7. The summed E-state index contributed by atoms with van der Waals surface area (Å²) in [7, 11) is -2.55. The van der Waals surface area contributed by atoms with Gasteiger partial charge in [-0.3, -0.25) is 0 Å². The first-order valence-corrected chi connectivity index (χ1v) is 6.92. The number of benzene rings is 1. The van der Waals surface area contributed by atoms with Crippen molar-refractivity contribution in [1.29, 1.82) is 0 Å². The minimum absolute atomic E-state index is 0. The fourth-order valence-corrected chi connectivity index (χ4v) is 2.69. The number of hydrogen-bond acceptors (Lipinski definition) is 4. The summed E-state index contributed by atoms with van der Waals surface area (Å²) in [5, 5.41) is 0. The van der Waals surface area contributed by atoms with Crippen LogP contribution in [0, 0.1) is 6.92 Å². The topological polar surface area (TPSA) is 81.4 Å². The Hall–Kier alpha value is -0.960. The molecule has 1 rings (SSSR count). The van der Waals surface area contributed by atoms with Crippen LogP contribution in [-0.2, 0) is 10.0 Å². The number of rotatable bonds is 6. The predicted molar refractivity (Wildman–Crippen MR) is 74.2 cm³/mol. The van der Waals surface area contributed by atoms with Crippen LogP contribution in [0.4, 0.5) is 8.78 Å². The Morgan fingerprint density at radius 1 is 1.40 bits per heavy atom. The molecule has 0 aliphatic carbocycles. The van der Waals surface area contributed by atoms with Crippen molar-refractivity contribution in [1.82, 2.24) is 4.72 Å². The van der Waals surface area contributed by atoms with Gasteiger partial charge in [-0.15, -0.1) is 12.4 Å². The molecule has 0 saturated heterocycles. The fraction of sp³-hybridized carbons (Fsp3) is 0.455. The molecule has 0 bridgehead atoms. The summed E-state index contributed by atoms with van der Waals surface area (Å²) >= 11 is 0. The zero-order valence-electron chi connectivity index (χ0n) is 11.0. The van der Waals surface area contributed by atoms with Crippen molar-refractivity contribution >= 4 is 22.4 Å². The van der Waals surface area contributed by atoms with Gasteiger partial charge in [0.05, 0.1) is 25.1 Å². The molecule has 116 valence electrons. The molecular formula is C11H17ClF2N2O3S. The Bertz CT molecular complexity index is 553. The molecule has 0 saturated carbocycles. The molecule has 0 radical (unpaired) electrons. The van der Waals surface area contributed by atoms with Gasteiger partial charge in [0.25, 0.3) is 5.92 Å². The van der Waals surface area contributed by atoms with E-state index in [2.05, 4.69) is 0 Å². The molecule has 0 aliphatic rings. The normalized spacial score (nSPS) is 11.8. The quantitative estimate of drug-likeness (QED) is 0.823. The van der Waals surface area contributed by atoms with Crippen LogP contribution in [0.2, 0.25) is 0 Å². The van der Waals surface area contributed by atoms with E-state index in [1.807, 2.05) is 4.72 Å². The van der Waals surface area contributed by atoms with Crippen LogP contribution in [0.1, 0.15) is 5.56 Å². The first-order valence-electron chi connectivity index (χ1n) is 5.44.